The van der Waals surface area contributed by atoms with Gasteiger partial charge in [-0.1, -0.05) is 0 Å². The second-order valence-electron chi connectivity index (χ2n) is 6.56. The molecule has 1 N–H and O–H groups in total. The third-order valence-electron chi connectivity index (χ3n) is 4.75. The maximum absolute atomic E-state index is 11.9. The first-order chi connectivity index (χ1) is 11.7. The average Bonchev–Trinajstić information content (AvgIpc) is 2.54. The lowest BCUT2D eigenvalue weighted by molar-refractivity contribution is -0.133. The van der Waals surface area contributed by atoms with E-state index in [0.717, 1.165) is 0 Å². The molecule has 0 saturated heterocycles. The lowest BCUT2D eigenvalue weighted by atomic mass is 9.74. The molecule has 3 atom stereocenters. The Balaban J connectivity index is 2.18. The van der Waals surface area contributed by atoms with Crippen molar-refractivity contribution in [3.8, 4) is 5.75 Å². The third kappa shape index (κ3) is 4.32. The van der Waals surface area contributed by atoms with Crippen LogP contribution < -0.4 is 4.74 Å². The average molecular weight is 346 g/mol. The maximum Gasteiger partial charge on any atom is 0.336 e. The second-order valence-corrected chi connectivity index (χ2v) is 6.56. The Morgan fingerprint density at radius 1 is 0.960 bits per heavy atom. The number of Topliss-reactive ketones (excluding diaryl/α,β-unsaturated/α-hetero) is 3. The Bertz CT molecular complexity index is 721. The fourth-order valence-corrected chi connectivity index (χ4v) is 3.45. The molecule has 3 unspecified atom stereocenters. The van der Waals surface area contributed by atoms with Gasteiger partial charge in [0.1, 0.15) is 17.3 Å². The van der Waals surface area contributed by atoms with Gasteiger partial charge in [0.15, 0.2) is 5.78 Å². The Kier molecular flexibility index (Phi) is 5.72. The number of hydrogen-bond acceptors (Lipinski definition) is 5. The van der Waals surface area contributed by atoms with Crippen LogP contribution in [0.3, 0.4) is 0 Å². The number of benzene rings is 1. The summed E-state index contributed by atoms with van der Waals surface area (Å²) in [4.78, 5) is 46.4. The highest BCUT2D eigenvalue weighted by molar-refractivity contribution is 6.05. The second kappa shape index (κ2) is 7.59. The van der Waals surface area contributed by atoms with E-state index >= 15 is 0 Å². The summed E-state index contributed by atoms with van der Waals surface area (Å²) in [5.41, 5.74) is 0.0206. The minimum absolute atomic E-state index is 0.0117. The first-order valence-electron chi connectivity index (χ1n) is 8.26. The van der Waals surface area contributed by atoms with Gasteiger partial charge in [0.05, 0.1) is 11.7 Å². The van der Waals surface area contributed by atoms with Crippen LogP contribution in [-0.2, 0) is 9.59 Å². The van der Waals surface area contributed by atoms with Crippen molar-refractivity contribution in [1.29, 1.82) is 0 Å². The normalized spacial score (nSPS) is 22.9. The van der Waals surface area contributed by atoms with Gasteiger partial charge >= 0.3 is 5.97 Å². The highest BCUT2D eigenvalue weighted by Crippen LogP contribution is 2.34. The molecular weight excluding hydrogens is 324 g/mol. The van der Waals surface area contributed by atoms with Crippen molar-refractivity contribution in [2.24, 2.45) is 11.8 Å². The molecule has 1 aromatic carbocycles. The van der Waals surface area contributed by atoms with Crippen LogP contribution in [0.4, 0.5) is 0 Å². The van der Waals surface area contributed by atoms with Crippen LogP contribution in [0.15, 0.2) is 18.2 Å². The molecule has 0 amide bonds. The van der Waals surface area contributed by atoms with Gasteiger partial charge in [-0.25, -0.2) is 4.79 Å². The molecule has 0 spiro atoms. The van der Waals surface area contributed by atoms with Crippen molar-refractivity contribution in [1.82, 2.24) is 0 Å². The maximum atomic E-state index is 11.9. The van der Waals surface area contributed by atoms with Gasteiger partial charge in [0.2, 0.25) is 0 Å². The van der Waals surface area contributed by atoms with E-state index in [9.17, 15) is 24.3 Å². The number of ether oxygens (including phenoxy) is 1. The molecule has 0 heterocycles. The molecule has 1 fully saturated rings. The first kappa shape index (κ1) is 18.8. The van der Waals surface area contributed by atoms with Crippen molar-refractivity contribution in [3.63, 3.8) is 0 Å². The monoisotopic (exact) mass is 346 g/mol. The third-order valence-corrected chi connectivity index (χ3v) is 4.75. The van der Waals surface area contributed by atoms with E-state index in [1.165, 1.54) is 32.9 Å². The van der Waals surface area contributed by atoms with Crippen LogP contribution in [0.1, 0.15) is 60.7 Å². The van der Waals surface area contributed by atoms with Gasteiger partial charge in [0.25, 0.3) is 0 Å². The molecule has 2 rings (SSSR count). The minimum atomic E-state index is -1.20. The van der Waals surface area contributed by atoms with Crippen LogP contribution in [0.25, 0.3) is 0 Å². The van der Waals surface area contributed by atoms with Crippen LogP contribution in [0.5, 0.6) is 5.75 Å². The Labute approximate surface area is 146 Å². The zero-order valence-corrected chi connectivity index (χ0v) is 14.6. The smallest absolute Gasteiger partial charge is 0.336 e. The fraction of sp³-hybridized carbons (Fsp3) is 0.474. The zero-order chi connectivity index (χ0) is 18.7. The summed E-state index contributed by atoms with van der Waals surface area (Å²) in [6, 6.07) is 4.33. The fourth-order valence-electron chi connectivity index (χ4n) is 3.45. The van der Waals surface area contributed by atoms with Gasteiger partial charge < -0.3 is 9.84 Å². The number of carbonyl (C=O) groups is 4. The Hall–Kier alpha value is -2.50. The summed E-state index contributed by atoms with van der Waals surface area (Å²) >= 11 is 0. The molecule has 0 bridgehead atoms. The summed E-state index contributed by atoms with van der Waals surface area (Å²) in [6.07, 6.45) is 1.34. The lowest BCUT2D eigenvalue weighted by Gasteiger charge is -2.33. The number of aromatic carboxylic acids is 1. The SMILES string of the molecule is CC(=O)c1ccc(OC2CCC(C(C)=O)C(C(C)=O)C2)cc1C(=O)O. The zero-order valence-electron chi connectivity index (χ0n) is 14.6. The van der Waals surface area contributed by atoms with Crippen LogP contribution in [0.2, 0.25) is 0 Å². The molecule has 0 aromatic heterocycles. The van der Waals surface area contributed by atoms with E-state index in [1.807, 2.05) is 0 Å². The van der Waals surface area contributed by atoms with Crippen molar-refractivity contribution in [2.75, 3.05) is 0 Å². The molecule has 1 saturated carbocycles. The first-order valence-corrected chi connectivity index (χ1v) is 8.26. The van der Waals surface area contributed by atoms with E-state index in [2.05, 4.69) is 0 Å². The van der Waals surface area contributed by atoms with Crippen molar-refractivity contribution in [3.05, 3.63) is 29.3 Å². The van der Waals surface area contributed by atoms with Gasteiger partial charge in [-0.05, 0) is 58.2 Å². The van der Waals surface area contributed by atoms with Crippen molar-refractivity contribution in [2.45, 2.75) is 46.1 Å². The summed E-state index contributed by atoms with van der Waals surface area (Å²) in [5.74, 6) is -1.85. The molecule has 1 aliphatic carbocycles. The standard InChI is InChI=1S/C19H22O6/c1-10(20)15-6-4-13(8-17(15)12(3)22)25-14-5-7-16(11(2)21)18(9-14)19(23)24/h5,7,9,13,15,17H,4,6,8H2,1-3H3,(H,23,24). The molecule has 25 heavy (non-hydrogen) atoms. The highest BCUT2D eigenvalue weighted by atomic mass is 16.5. The van der Waals surface area contributed by atoms with Crippen LogP contribution in [0, 0.1) is 11.8 Å². The van der Waals surface area contributed by atoms with E-state index < -0.39 is 5.97 Å². The number of carboxylic acid groups (broad SMARTS) is 1. The van der Waals surface area contributed by atoms with Gasteiger partial charge in [0, 0.05) is 17.4 Å². The Morgan fingerprint density at radius 3 is 2.12 bits per heavy atom. The molecule has 6 heteroatoms. The Morgan fingerprint density at radius 2 is 1.60 bits per heavy atom. The molecular formula is C19H22O6. The van der Waals surface area contributed by atoms with Crippen LogP contribution >= 0.6 is 0 Å². The molecule has 1 aromatic rings. The summed E-state index contributed by atoms with van der Waals surface area (Å²) in [5, 5.41) is 9.27. The molecule has 0 aliphatic heterocycles. The largest absolute Gasteiger partial charge is 0.490 e. The van der Waals surface area contributed by atoms with E-state index in [1.54, 1.807) is 6.07 Å². The quantitative estimate of drug-likeness (QED) is 0.795. The van der Waals surface area contributed by atoms with E-state index in [0.29, 0.717) is 25.0 Å². The van der Waals surface area contributed by atoms with E-state index in [-0.39, 0.29) is 46.4 Å². The number of carboxylic acids is 1. The molecule has 134 valence electrons. The summed E-state index contributed by atoms with van der Waals surface area (Å²) in [7, 11) is 0. The predicted octanol–water partition coefficient (Wildman–Crippen LogP) is 2.93. The van der Waals surface area contributed by atoms with Crippen molar-refractivity contribution >= 4 is 23.3 Å². The van der Waals surface area contributed by atoms with Crippen molar-refractivity contribution < 1.29 is 29.0 Å². The van der Waals surface area contributed by atoms with Crippen LogP contribution in [-0.4, -0.2) is 34.5 Å². The number of rotatable bonds is 6. The van der Waals surface area contributed by atoms with Gasteiger partial charge in [-0.3, -0.25) is 14.4 Å². The number of ketones is 3. The molecule has 0 radical (unpaired) electrons. The topological polar surface area (TPSA) is 97.7 Å². The lowest BCUT2D eigenvalue weighted by Crippen LogP contribution is -2.38. The molecule has 1 aliphatic rings. The minimum Gasteiger partial charge on any atom is -0.490 e. The number of hydrogen-bond donors (Lipinski definition) is 1. The van der Waals surface area contributed by atoms with Gasteiger partial charge in [-0.2, -0.15) is 0 Å². The summed E-state index contributed by atoms with van der Waals surface area (Å²) in [6.45, 7) is 4.29. The van der Waals surface area contributed by atoms with E-state index in [4.69, 9.17) is 4.74 Å². The van der Waals surface area contributed by atoms with Gasteiger partial charge in [-0.15, -0.1) is 0 Å². The molecule has 6 nitrogen and oxygen atoms in total. The predicted molar refractivity (Wildman–Crippen MR) is 90.0 cm³/mol. The summed E-state index contributed by atoms with van der Waals surface area (Å²) < 4.78 is 5.85. The highest BCUT2D eigenvalue weighted by Gasteiger charge is 2.36. The number of carbonyl (C=O) groups excluding carboxylic acids is 3.